The molecule has 104 valence electrons. The smallest absolute Gasteiger partial charge is 0.242 e. The normalized spacial score (nSPS) is 20.0. The van der Waals surface area contributed by atoms with Crippen molar-refractivity contribution in [3.8, 4) is 0 Å². The summed E-state index contributed by atoms with van der Waals surface area (Å²) in [5.41, 5.74) is -0.449. The van der Waals surface area contributed by atoms with E-state index in [-0.39, 0.29) is 24.4 Å². The van der Waals surface area contributed by atoms with Crippen LogP contribution < -0.4 is 10.6 Å². The standard InChI is InChI=1S/C13H25N3O2/c1-13(2,3)12(18)15-9-11(17)16-7-5-6-10(16)8-14-4/h10,14H,5-9H2,1-4H3,(H,15,18). The van der Waals surface area contributed by atoms with Crippen LogP contribution in [-0.4, -0.2) is 49.4 Å². The molecule has 5 heteroatoms. The van der Waals surface area contributed by atoms with E-state index >= 15 is 0 Å². The lowest BCUT2D eigenvalue weighted by molar-refractivity contribution is -0.135. The van der Waals surface area contributed by atoms with E-state index in [2.05, 4.69) is 10.6 Å². The maximum absolute atomic E-state index is 12.0. The van der Waals surface area contributed by atoms with Crippen molar-refractivity contribution in [1.82, 2.24) is 15.5 Å². The second kappa shape index (κ2) is 6.18. The molecule has 2 amide bonds. The van der Waals surface area contributed by atoms with Gasteiger partial charge in [0.05, 0.1) is 6.54 Å². The number of likely N-dealkylation sites (N-methyl/N-ethyl adjacent to an activating group) is 1. The second-order valence-corrected chi connectivity index (χ2v) is 5.87. The molecule has 5 nitrogen and oxygen atoms in total. The largest absolute Gasteiger partial charge is 0.347 e. The average Bonchev–Trinajstić information content (AvgIpc) is 2.72. The Bertz CT molecular complexity index is 310. The minimum absolute atomic E-state index is 0.0188. The van der Waals surface area contributed by atoms with E-state index in [0.29, 0.717) is 0 Å². The molecule has 1 heterocycles. The molecular formula is C13H25N3O2. The van der Waals surface area contributed by atoms with Crippen molar-refractivity contribution in [3.05, 3.63) is 0 Å². The maximum atomic E-state index is 12.0. The summed E-state index contributed by atoms with van der Waals surface area (Å²) in [5, 5.41) is 5.81. The van der Waals surface area contributed by atoms with Crippen LogP contribution in [0, 0.1) is 5.41 Å². The SMILES string of the molecule is CNCC1CCCN1C(=O)CNC(=O)C(C)(C)C. The Morgan fingerprint density at radius 2 is 2.00 bits per heavy atom. The molecule has 0 spiro atoms. The van der Waals surface area contributed by atoms with E-state index < -0.39 is 5.41 Å². The number of amides is 2. The highest BCUT2D eigenvalue weighted by atomic mass is 16.2. The fourth-order valence-corrected chi connectivity index (χ4v) is 2.13. The summed E-state index contributed by atoms with van der Waals surface area (Å²) in [6.45, 7) is 7.25. The molecule has 1 atom stereocenters. The fraction of sp³-hybridized carbons (Fsp3) is 0.846. The first kappa shape index (κ1) is 15.0. The van der Waals surface area contributed by atoms with E-state index in [1.54, 1.807) is 0 Å². The molecule has 1 aliphatic heterocycles. The van der Waals surface area contributed by atoms with Gasteiger partial charge in [-0.2, -0.15) is 0 Å². The third kappa shape index (κ3) is 3.98. The summed E-state index contributed by atoms with van der Waals surface area (Å²) < 4.78 is 0. The van der Waals surface area contributed by atoms with Crippen molar-refractivity contribution >= 4 is 11.8 Å². The summed E-state index contributed by atoms with van der Waals surface area (Å²) in [6, 6.07) is 0.272. The van der Waals surface area contributed by atoms with Crippen molar-refractivity contribution < 1.29 is 9.59 Å². The molecule has 0 saturated carbocycles. The zero-order valence-electron chi connectivity index (χ0n) is 11.9. The van der Waals surface area contributed by atoms with E-state index in [4.69, 9.17) is 0 Å². The van der Waals surface area contributed by atoms with Gasteiger partial charge in [-0.05, 0) is 19.9 Å². The van der Waals surface area contributed by atoms with Crippen LogP contribution in [0.4, 0.5) is 0 Å². The molecule has 2 N–H and O–H groups in total. The van der Waals surface area contributed by atoms with Gasteiger partial charge in [-0.1, -0.05) is 20.8 Å². The molecule has 0 radical (unpaired) electrons. The Balaban J connectivity index is 2.43. The molecular weight excluding hydrogens is 230 g/mol. The van der Waals surface area contributed by atoms with Crippen LogP contribution in [0.5, 0.6) is 0 Å². The minimum atomic E-state index is -0.449. The average molecular weight is 255 g/mol. The predicted octanol–water partition coefficient (Wildman–Crippen LogP) is 0.359. The van der Waals surface area contributed by atoms with Gasteiger partial charge in [0.25, 0.3) is 0 Å². The highest BCUT2D eigenvalue weighted by Crippen LogP contribution is 2.17. The Labute approximate surface area is 109 Å². The van der Waals surface area contributed by atoms with Crippen molar-refractivity contribution in [2.24, 2.45) is 5.41 Å². The van der Waals surface area contributed by atoms with Gasteiger partial charge in [-0.25, -0.2) is 0 Å². The van der Waals surface area contributed by atoms with Gasteiger partial charge >= 0.3 is 0 Å². The van der Waals surface area contributed by atoms with Crippen LogP contribution in [0.1, 0.15) is 33.6 Å². The summed E-state index contributed by atoms with van der Waals surface area (Å²) in [4.78, 5) is 25.6. The Kier molecular flexibility index (Phi) is 5.14. The van der Waals surface area contributed by atoms with Crippen molar-refractivity contribution in [1.29, 1.82) is 0 Å². The first-order valence-electron chi connectivity index (χ1n) is 6.58. The number of nitrogens with zero attached hydrogens (tertiary/aromatic N) is 1. The Morgan fingerprint density at radius 3 is 2.56 bits per heavy atom. The van der Waals surface area contributed by atoms with Gasteiger partial charge in [0.1, 0.15) is 0 Å². The molecule has 0 aromatic carbocycles. The van der Waals surface area contributed by atoms with Gasteiger partial charge in [-0.3, -0.25) is 9.59 Å². The number of hydrogen-bond donors (Lipinski definition) is 2. The lowest BCUT2D eigenvalue weighted by Gasteiger charge is -2.25. The third-order valence-corrected chi connectivity index (χ3v) is 3.22. The maximum Gasteiger partial charge on any atom is 0.242 e. The predicted molar refractivity (Wildman–Crippen MR) is 71.1 cm³/mol. The molecule has 18 heavy (non-hydrogen) atoms. The number of rotatable bonds is 4. The van der Waals surface area contributed by atoms with Crippen LogP contribution in [0.3, 0.4) is 0 Å². The quantitative estimate of drug-likeness (QED) is 0.762. The van der Waals surface area contributed by atoms with E-state index in [9.17, 15) is 9.59 Å². The molecule has 1 saturated heterocycles. The number of carbonyl (C=O) groups excluding carboxylic acids is 2. The van der Waals surface area contributed by atoms with Crippen molar-refractivity contribution in [2.45, 2.75) is 39.7 Å². The van der Waals surface area contributed by atoms with E-state index in [0.717, 1.165) is 25.9 Å². The summed E-state index contributed by atoms with van der Waals surface area (Å²) in [7, 11) is 1.89. The first-order valence-corrected chi connectivity index (χ1v) is 6.58. The van der Waals surface area contributed by atoms with Gasteiger partial charge in [-0.15, -0.1) is 0 Å². The van der Waals surface area contributed by atoms with Crippen molar-refractivity contribution in [2.75, 3.05) is 26.7 Å². The number of nitrogens with one attached hydrogen (secondary N) is 2. The first-order chi connectivity index (χ1) is 8.36. The molecule has 0 aromatic rings. The molecule has 1 fully saturated rings. The third-order valence-electron chi connectivity index (χ3n) is 3.22. The Morgan fingerprint density at radius 1 is 1.33 bits per heavy atom. The lowest BCUT2D eigenvalue weighted by Crippen LogP contribution is -2.47. The summed E-state index contributed by atoms with van der Waals surface area (Å²) >= 11 is 0. The van der Waals surface area contributed by atoms with Crippen LogP contribution in [-0.2, 0) is 9.59 Å². The van der Waals surface area contributed by atoms with E-state index in [1.165, 1.54) is 0 Å². The zero-order chi connectivity index (χ0) is 13.8. The van der Waals surface area contributed by atoms with Gasteiger partial charge in [0, 0.05) is 24.5 Å². The van der Waals surface area contributed by atoms with Crippen LogP contribution in [0.15, 0.2) is 0 Å². The summed E-state index contributed by atoms with van der Waals surface area (Å²) in [5.74, 6) is -0.0643. The van der Waals surface area contributed by atoms with Crippen LogP contribution in [0.25, 0.3) is 0 Å². The number of likely N-dealkylation sites (tertiary alicyclic amines) is 1. The fourth-order valence-electron chi connectivity index (χ4n) is 2.13. The van der Waals surface area contributed by atoms with Gasteiger partial charge in [0.2, 0.25) is 11.8 Å². The van der Waals surface area contributed by atoms with Crippen molar-refractivity contribution in [3.63, 3.8) is 0 Å². The molecule has 0 aromatic heterocycles. The highest BCUT2D eigenvalue weighted by Gasteiger charge is 2.29. The topological polar surface area (TPSA) is 61.4 Å². The number of hydrogen-bond acceptors (Lipinski definition) is 3. The zero-order valence-corrected chi connectivity index (χ0v) is 11.9. The molecule has 0 bridgehead atoms. The summed E-state index contributed by atoms with van der Waals surface area (Å²) in [6.07, 6.45) is 2.09. The number of carbonyl (C=O) groups is 2. The van der Waals surface area contributed by atoms with Gasteiger partial charge in [0.15, 0.2) is 0 Å². The van der Waals surface area contributed by atoms with E-state index in [1.807, 2.05) is 32.7 Å². The second-order valence-electron chi connectivity index (χ2n) is 5.87. The molecule has 1 aliphatic rings. The van der Waals surface area contributed by atoms with Crippen LogP contribution in [0.2, 0.25) is 0 Å². The monoisotopic (exact) mass is 255 g/mol. The highest BCUT2D eigenvalue weighted by molar-refractivity contribution is 5.87. The van der Waals surface area contributed by atoms with Crippen LogP contribution >= 0.6 is 0 Å². The Hall–Kier alpha value is -1.10. The molecule has 1 unspecified atom stereocenters. The van der Waals surface area contributed by atoms with Gasteiger partial charge < -0.3 is 15.5 Å². The lowest BCUT2D eigenvalue weighted by atomic mass is 9.96. The molecule has 0 aliphatic carbocycles. The molecule has 1 rings (SSSR count). The minimum Gasteiger partial charge on any atom is -0.347 e.